The van der Waals surface area contributed by atoms with Gasteiger partial charge in [0.2, 0.25) is 11.8 Å². The van der Waals surface area contributed by atoms with Crippen LogP contribution in [-0.4, -0.2) is 35.9 Å². The predicted molar refractivity (Wildman–Crippen MR) is 54.6 cm³/mol. The molecule has 1 atom stereocenters. The molecule has 10 heteroatoms. The van der Waals surface area contributed by atoms with Crippen LogP contribution < -0.4 is 5.32 Å². The third-order valence-electron chi connectivity index (χ3n) is 2.45. The summed E-state index contributed by atoms with van der Waals surface area (Å²) in [6.07, 6.45) is -11.5. The number of aliphatic carboxylic acids is 1. The van der Waals surface area contributed by atoms with Crippen molar-refractivity contribution in [3.63, 3.8) is 0 Å². The van der Waals surface area contributed by atoms with Crippen molar-refractivity contribution in [3.8, 4) is 0 Å². The van der Waals surface area contributed by atoms with Crippen LogP contribution in [0.25, 0.3) is 0 Å². The van der Waals surface area contributed by atoms with E-state index in [1.54, 1.807) is 0 Å². The first-order valence-electron chi connectivity index (χ1n) is 5.51. The van der Waals surface area contributed by atoms with Crippen molar-refractivity contribution in [2.45, 2.75) is 32.1 Å². The molecular weight excluding hydrogens is 296 g/mol. The molecule has 1 unspecified atom stereocenters. The quantitative estimate of drug-likeness (QED) is 0.584. The van der Waals surface area contributed by atoms with E-state index in [0.29, 0.717) is 0 Å². The maximum Gasteiger partial charge on any atom is 0.409 e. The number of halogens is 6. The first kappa shape index (κ1) is 18.5. The van der Waals surface area contributed by atoms with Crippen molar-refractivity contribution >= 4 is 11.9 Å². The zero-order valence-corrected chi connectivity index (χ0v) is 10.3. The van der Waals surface area contributed by atoms with Crippen molar-refractivity contribution < 1.29 is 41.0 Å². The summed E-state index contributed by atoms with van der Waals surface area (Å²) in [4.78, 5) is 21.4. The fraction of sp³-hybridized carbons (Fsp3) is 0.800. The molecule has 0 saturated carbocycles. The van der Waals surface area contributed by atoms with E-state index in [0.717, 1.165) is 0 Å². The van der Waals surface area contributed by atoms with Crippen LogP contribution in [0.5, 0.6) is 0 Å². The summed E-state index contributed by atoms with van der Waals surface area (Å²) < 4.78 is 72.9. The van der Waals surface area contributed by atoms with Gasteiger partial charge in [0, 0.05) is 6.54 Å². The van der Waals surface area contributed by atoms with E-state index in [1.165, 1.54) is 12.2 Å². The fourth-order valence-corrected chi connectivity index (χ4v) is 1.33. The molecule has 4 nitrogen and oxygen atoms in total. The molecule has 0 spiro atoms. The molecule has 20 heavy (non-hydrogen) atoms. The molecule has 0 aromatic rings. The van der Waals surface area contributed by atoms with Crippen LogP contribution in [0.15, 0.2) is 0 Å². The molecule has 0 aliphatic heterocycles. The Morgan fingerprint density at radius 1 is 1.10 bits per heavy atom. The van der Waals surface area contributed by atoms with E-state index >= 15 is 0 Å². The maximum atomic E-state index is 12.2. The number of hydrogen-bond acceptors (Lipinski definition) is 2. The van der Waals surface area contributed by atoms with Gasteiger partial charge in [-0.3, -0.25) is 9.59 Å². The van der Waals surface area contributed by atoms with Crippen LogP contribution in [-0.2, 0) is 9.59 Å². The Balaban J connectivity index is 4.41. The molecule has 0 aromatic heterocycles. The highest BCUT2D eigenvalue weighted by Gasteiger charge is 2.60. The molecule has 0 aliphatic rings. The molecule has 0 saturated heterocycles. The minimum Gasteiger partial charge on any atom is -0.481 e. The van der Waals surface area contributed by atoms with Gasteiger partial charge in [0.1, 0.15) is 0 Å². The number of nitrogens with one attached hydrogen (secondary N) is 1. The molecule has 118 valence electrons. The Bertz CT molecular complexity index is 338. The van der Waals surface area contributed by atoms with Crippen LogP contribution in [0.3, 0.4) is 0 Å². The number of amides is 1. The summed E-state index contributed by atoms with van der Waals surface area (Å²) in [6, 6.07) is 0. The second kappa shape index (κ2) is 6.80. The Labute approximate surface area is 110 Å². The minimum atomic E-state index is -5.73. The molecular formula is C10H13F6NO3. The van der Waals surface area contributed by atoms with Crippen molar-refractivity contribution in [1.82, 2.24) is 5.32 Å². The Kier molecular flexibility index (Phi) is 6.30. The zero-order chi connectivity index (χ0) is 16.1. The normalized spacial score (nSPS) is 14.2. The third-order valence-corrected chi connectivity index (χ3v) is 2.45. The summed E-state index contributed by atoms with van der Waals surface area (Å²) in [6.45, 7) is 0.873. The van der Waals surface area contributed by atoms with E-state index in [-0.39, 0.29) is 12.8 Å². The number of carbonyl (C=O) groups is 2. The molecule has 0 rings (SSSR count). The van der Waals surface area contributed by atoms with Gasteiger partial charge in [0.25, 0.3) is 0 Å². The van der Waals surface area contributed by atoms with Gasteiger partial charge >= 0.3 is 18.3 Å². The van der Waals surface area contributed by atoms with Gasteiger partial charge in [0.15, 0.2) is 0 Å². The predicted octanol–water partition coefficient (Wildman–Crippen LogP) is 2.34. The Hall–Kier alpha value is -1.48. The fourth-order valence-electron chi connectivity index (χ4n) is 1.33. The van der Waals surface area contributed by atoms with E-state index in [1.807, 2.05) is 0 Å². The van der Waals surface area contributed by atoms with Crippen LogP contribution in [0.4, 0.5) is 26.3 Å². The largest absolute Gasteiger partial charge is 0.481 e. The smallest absolute Gasteiger partial charge is 0.409 e. The molecule has 0 aromatic carbocycles. The van der Waals surface area contributed by atoms with Gasteiger partial charge in [-0.15, -0.1) is 0 Å². The number of rotatable bonds is 6. The molecule has 0 aliphatic carbocycles. The molecule has 0 radical (unpaired) electrons. The van der Waals surface area contributed by atoms with Crippen molar-refractivity contribution in [2.24, 2.45) is 11.8 Å². The SMILES string of the molecule is CC(CCCNC(=O)C(C(F)(F)F)C(F)(F)F)C(=O)O. The topological polar surface area (TPSA) is 66.4 Å². The zero-order valence-electron chi connectivity index (χ0n) is 10.3. The van der Waals surface area contributed by atoms with Crippen molar-refractivity contribution in [2.75, 3.05) is 6.54 Å². The van der Waals surface area contributed by atoms with Gasteiger partial charge < -0.3 is 10.4 Å². The molecule has 0 heterocycles. The van der Waals surface area contributed by atoms with Gasteiger partial charge in [-0.2, -0.15) is 26.3 Å². The van der Waals surface area contributed by atoms with Gasteiger partial charge in [-0.25, -0.2) is 0 Å². The second-order valence-corrected chi connectivity index (χ2v) is 4.19. The summed E-state index contributed by atoms with van der Waals surface area (Å²) >= 11 is 0. The van der Waals surface area contributed by atoms with Crippen LogP contribution in [0.2, 0.25) is 0 Å². The number of alkyl halides is 6. The highest BCUT2D eigenvalue weighted by molar-refractivity contribution is 5.80. The number of hydrogen-bond donors (Lipinski definition) is 2. The van der Waals surface area contributed by atoms with Crippen molar-refractivity contribution in [1.29, 1.82) is 0 Å². The van der Waals surface area contributed by atoms with Gasteiger partial charge in [0.05, 0.1) is 5.92 Å². The molecule has 1 amide bonds. The van der Waals surface area contributed by atoms with Crippen LogP contribution in [0.1, 0.15) is 19.8 Å². The van der Waals surface area contributed by atoms with E-state index in [9.17, 15) is 35.9 Å². The van der Waals surface area contributed by atoms with Crippen molar-refractivity contribution in [3.05, 3.63) is 0 Å². The summed E-state index contributed by atoms with van der Waals surface area (Å²) in [5.41, 5.74) is 0. The average molecular weight is 309 g/mol. The maximum absolute atomic E-state index is 12.2. The van der Waals surface area contributed by atoms with Gasteiger partial charge in [-0.1, -0.05) is 6.92 Å². The summed E-state index contributed by atoms with van der Waals surface area (Å²) in [7, 11) is 0. The average Bonchev–Trinajstić information content (AvgIpc) is 2.19. The first-order valence-corrected chi connectivity index (χ1v) is 5.51. The third kappa shape index (κ3) is 6.11. The molecule has 0 bridgehead atoms. The number of carbonyl (C=O) groups excluding carboxylic acids is 1. The molecule has 0 fully saturated rings. The van der Waals surface area contributed by atoms with Crippen LogP contribution >= 0.6 is 0 Å². The lowest BCUT2D eigenvalue weighted by atomic mass is 10.1. The number of carboxylic acids is 1. The lowest BCUT2D eigenvalue weighted by Crippen LogP contribution is -2.48. The highest BCUT2D eigenvalue weighted by Crippen LogP contribution is 2.39. The Morgan fingerprint density at radius 2 is 1.55 bits per heavy atom. The standard InChI is InChI=1S/C10H13F6NO3/c1-5(8(19)20)3-2-4-17-7(18)6(9(11,12)13)10(14,15)16/h5-6H,2-4H2,1H3,(H,17,18)(H,19,20). The first-order chi connectivity index (χ1) is 8.87. The monoisotopic (exact) mass is 309 g/mol. The number of carboxylic acid groups (broad SMARTS) is 1. The lowest BCUT2D eigenvalue weighted by Gasteiger charge is -2.22. The molecule has 2 N–H and O–H groups in total. The second-order valence-electron chi connectivity index (χ2n) is 4.19. The van der Waals surface area contributed by atoms with E-state index in [4.69, 9.17) is 5.11 Å². The summed E-state index contributed by atoms with van der Waals surface area (Å²) in [5.74, 6) is -8.20. The highest BCUT2D eigenvalue weighted by atomic mass is 19.4. The summed E-state index contributed by atoms with van der Waals surface area (Å²) in [5, 5.41) is 10.0. The Morgan fingerprint density at radius 3 is 1.90 bits per heavy atom. The van der Waals surface area contributed by atoms with E-state index in [2.05, 4.69) is 0 Å². The minimum absolute atomic E-state index is 0.0261. The van der Waals surface area contributed by atoms with Crippen LogP contribution in [0, 0.1) is 11.8 Å². The van der Waals surface area contributed by atoms with Gasteiger partial charge in [-0.05, 0) is 12.8 Å². The van der Waals surface area contributed by atoms with E-state index < -0.39 is 42.6 Å². The lowest BCUT2D eigenvalue weighted by molar-refractivity contribution is -0.274.